The average Bonchev–Trinajstić information content (AvgIpc) is 2.47. The second-order valence-electron chi connectivity index (χ2n) is 5.37. The van der Waals surface area contributed by atoms with Gasteiger partial charge < -0.3 is 16.0 Å². The second-order valence-corrected chi connectivity index (χ2v) is 5.37. The molecule has 5 nitrogen and oxygen atoms in total. The van der Waals surface area contributed by atoms with Crippen molar-refractivity contribution >= 4 is 11.6 Å². The molecule has 20 heavy (non-hydrogen) atoms. The zero-order chi connectivity index (χ0) is 14.5. The summed E-state index contributed by atoms with van der Waals surface area (Å²) in [6.07, 6.45) is 5.20. The van der Waals surface area contributed by atoms with E-state index < -0.39 is 0 Å². The molecule has 1 aliphatic rings. The lowest BCUT2D eigenvalue weighted by Gasteiger charge is -2.39. The van der Waals surface area contributed by atoms with Gasteiger partial charge in [-0.3, -0.25) is 9.78 Å². The van der Waals surface area contributed by atoms with Crippen molar-refractivity contribution in [1.82, 2.24) is 10.3 Å². The fourth-order valence-electron chi connectivity index (χ4n) is 2.80. The Morgan fingerprint density at radius 3 is 3.10 bits per heavy atom. The molecule has 0 aliphatic carbocycles. The fraction of sp³-hybridized carbons (Fsp3) is 0.600. The van der Waals surface area contributed by atoms with Gasteiger partial charge in [-0.25, -0.2) is 0 Å². The van der Waals surface area contributed by atoms with Gasteiger partial charge in [0.15, 0.2) is 0 Å². The second kappa shape index (κ2) is 6.70. The summed E-state index contributed by atoms with van der Waals surface area (Å²) in [5.41, 5.74) is 7.62. The molecule has 1 aromatic rings. The predicted octanol–water partition coefficient (Wildman–Crippen LogP) is 1.54. The Morgan fingerprint density at radius 2 is 2.40 bits per heavy atom. The number of rotatable bonds is 4. The summed E-state index contributed by atoms with van der Waals surface area (Å²) in [6, 6.07) is 4.29. The molecule has 2 heterocycles. The largest absolute Gasteiger partial charge is 0.367 e. The normalized spacial score (nSPS) is 20.6. The van der Waals surface area contributed by atoms with Crippen LogP contribution >= 0.6 is 0 Å². The van der Waals surface area contributed by atoms with Gasteiger partial charge in [0.05, 0.1) is 0 Å². The van der Waals surface area contributed by atoms with E-state index in [-0.39, 0.29) is 11.9 Å². The first-order valence-electron chi connectivity index (χ1n) is 7.40. The summed E-state index contributed by atoms with van der Waals surface area (Å²) in [6.45, 7) is 5.55. The smallest absolute Gasteiger partial charge is 0.269 e. The Labute approximate surface area is 120 Å². The van der Waals surface area contributed by atoms with Crippen molar-refractivity contribution in [3.63, 3.8) is 0 Å². The van der Waals surface area contributed by atoms with Gasteiger partial charge in [0.25, 0.3) is 5.91 Å². The Bertz CT molecular complexity index is 461. The summed E-state index contributed by atoms with van der Waals surface area (Å²) in [5.74, 6) is -0.122. The maximum Gasteiger partial charge on any atom is 0.269 e. The van der Waals surface area contributed by atoms with Gasteiger partial charge in [0, 0.05) is 37.1 Å². The average molecular weight is 276 g/mol. The Hall–Kier alpha value is -1.62. The molecule has 1 fully saturated rings. The van der Waals surface area contributed by atoms with Gasteiger partial charge in [-0.15, -0.1) is 0 Å². The molecule has 3 N–H and O–H groups in total. The summed E-state index contributed by atoms with van der Waals surface area (Å²) in [7, 11) is 0. The van der Waals surface area contributed by atoms with Gasteiger partial charge in [-0.2, -0.15) is 0 Å². The molecule has 0 radical (unpaired) electrons. The van der Waals surface area contributed by atoms with E-state index in [1.165, 1.54) is 12.8 Å². The summed E-state index contributed by atoms with van der Waals surface area (Å²) < 4.78 is 0. The number of amides is 1. The lowest BCUT2D eigenvalue weighted by molar-refractivity contribution is 0.0951. The highest BCUT2D eigenvalue weighted by molar-refractivity contribution is 5.93. The zero-order valence-electron chi connectivity index (χ0n) is 12.3. The number of aromatic nitrogens is 1. The molecule has 5 heteroatoms. The van der Waals surface area contributed by atoms with Crippen LogP contribution in [-0.2, 0) is 0 Å². The summed E-state index contributed by atoms with van der Waals surface area (Å²) >= 11 is 0. The fourth-order valence-corrected chi connectivity index (χ4v) is 2.80. The van der Waals surface area contributed by atoms with Crippen molar-refractivity contribution in [2.24, 2.45) is 5.73 Å². The standard InChI is InChI=1S/C15H24N4O/c1-3-17-15(20)13-10-12(7-8-18-13)19-9-5-4-6-14(19)11(2)16/h7-8,10-11,14H,3-6,9,16H2,1-2H3,(H,17,20). The van der Waals surface area contributed by atoms with Crippen LogP contribution in [0.1, 0.15) is 43.6 Å². The molecule has 2 atom stereocenters. The Morgan fingerprint density at radius 1 is 1.60 bits per heavy atom. The quantitative estimate of drug-likeness (QED) is 0.875. The van der Waals surface area contributed by atoms with E-state index in [1.54, 1.807) is 6.20 Å². The monoisotopic (exact) mass is 276 g/mol. The summed E-state index contributed by atoms with van der Waals surface area (Å²) in [5, 5.41) is 2.78. The van der Waals surface area contributed by atoms with Crippen molar-refractivity contribution in [3.05, 3.63) is 24.0 Å². The van der Waals surface area contributed by atoms with E-state index in [0.717, 1.165) is 18.7 Å². The van der Waals surface area contributed by atoms with Gasteiger partial charge in [0.1, 0.15) is 5.69 Å². The minimum Gasteiger partial charge on any atom is -0.367 e. The van der Waals surface area contributed by atoms with Crippen molar-refractivity contribution in [2.45, 2.75) is 45.2 Å². The van der Waals surface area contributed by atoms with Crippen LogP contribution in [-0.4, -0.2) is 36.1 Å². The Kier molecular flexibility index (Phi) is 4.95. The molecule has 0 saturated carbocycles. The number of nitrogens with one attached hydrogen (secondary N) is 1. The van der Waals surface area contributed by atoms with Crippen LogP contribution in [0.4, 0.5) is 5.69 Å². The van der Waals surface area contributed by atoms with Gasteiger partial charge in [0.2, 0.25) is 0 Å². The van der Waals surface area contributed by atoms with Gasteiger partial charge in [-0.05, 0) is 45.2 Å². The van der Waals surface area contributed by atoms with Gasteiger partial charge in [-0.1, -0.05) is 0 Å². The SMILES string of the molecule is CCNC(=O)c1cc(N2CCCCC2C(C)N)ccn1. The van der Waals surface area contributed by atoms with E-state index in [2.05, 4.69) is 22.1 Å². The van der Waals surface area contributed by atoms with Crippen LogP contribution in [0, 0.1) is 0 Å². The molecule has 1 amide bonds. The molecular weight excluding hydrogens is 252 g/mol. The molecular formula is C15H24N4O. The number of pyridine rings is 1. The topological polar surface area (TPSA) is 71.2 Å². The number of piperidine rings is 1. The van der Waals surface area contributed by atoms with Crippen LogP contribution < -0.4 is 16.0 Å². The molecule has 1 aromatic heterocycles. The first kappa shape index (κ1) is 14.8. The highest BCUT2D eigenvalue weighted by Gasteiger charge is 2.26. The number of hydrogen-bond donors (Lipinski definition) is 2. The van der Waals surface area contributed by atoms with E-state index in [1.807, 2.05) is 19.1 Å². The van der Waals surface area contributed by atoms with E-state index >= 15 is 0 Å². The maximum atomic E-state index is 11.9. The molecule has 0 spiro atoms. The lowest BCUT2D eigenvalue weighted by atomic mass is 9.96. The highest BCUT2D eigenvalue weighted by Crippen LogP contribution is 2.26. The van der Waals surface area contributed by atoms with Crippen molar-refractivity contribution in [1.29, 1.82) is 0 Å². The molecule has 0 bridgehead atoms. The number of nitrogens with two attached hydrogens (primary N) is 1. The van der Waals surface area contributed by atoms with E-state index in [4.69, 9.17) is 5.73 Å². The third-order valence-electron chi connectivity index (χ3n) is 3.80. The molecule has 0 aromatic carbocycles. The summed E-state index contributed by atoms with van der Waals surface area (Å²) in [4.78, 5) is 18.3. The number of anilines is 1. The van der Waals surface area contributed by atoms with Crippen LogP contribution in [0.2, 0.25) is 0 Å². The number of carbonyl (C=O) groups excluding carboxylic acids is 1. The van der Waals surface area contributed by atoms with Crippen LogP contribution in [0.25, 0.3) is 0 Å². The molecule has 2 rings (SSSR count). The van der Waals surface area contributed by atoms with E-state index in [9.17, 15) is 4.79 Å². The van der Waals surface area contributed by atoms with Crippen LogP contribution in [0.5, 0.6) is 0 Å². The van der Waals surface area contributed by atoms with Crippen LogP contribution in [0.15, 0.2) is 18.3 Å². The number of carbonyl (C=O) groups is 1. The molecule has 1 aliphatic heterocycles. The lowest BCUT2D eigenvalue weighted by Crippen LogP contribution is -2.49. The first-order chi connectivity index (χ1) is 9.63. The molecule has 1 saturated heterocycles. The minimum absolute atomic E-state index is 0.122. The number of hydrogen-bond acceptors (Lipinski definition) is 4. The zero-order valence-corrected chi connectivity index (χ0v) is 12.3. The molecule has 110 valence electrons. The number of nitrogens with zero attached hydrogens (tertiary/aromatic N) is 2. The third-order valence-corrected chi connectivity index (χ3v) is 3.80. The first-order valence-corrected chi connectivity index (χ1v) is 7.40. The van der Waals surface area contributed by atoms with Gasteiger partial charge >= 0.3 is 0 Å². The van der Waals surface area contributed by atoms with Crippen molar-refractivity contribution < 1.29 is 4.79 Å². The molecule has 2 unspecified atom stereocenters. The van der Waals surface area contributed by atoms with Crippen molar-refractivity contribution in [2.75, 3.05) is 18.0 Å². The highest BCUT2D eigenvalue weighted by atomic mass is 16.1. The Balaban J connectivity index is 2.22. The van der Waals surface area contributed by atoms with Crippen LogP contribution in [0.3, 0.4) is 0 Å². The van der Waals surface area contributed by atoms with E-state index in [0.29, 0.717) is 18.3 Å². The van der Waals surface area contributed by atoms with Crippen molar-refractivity contribution in [3.8, 4) is 0 Å². The predicted molar refractivity (Wildman–Crippen MR) is 80.9 cm³/mol. The third kappa shape index (κ3) is 3.28. The minimum atomic E-state index is -0.122. The maximum absolute atomic E-state index is 11.9.